The van der Waals surface area contributed by atoms with E-state index in [9.17, 15) is 4.79 Å². The van der Waals surface area contributed by atoms with Crippen LogP contribution in [0.3, 0.4) is 0 Å². The Labute approximate surface area is 271 Å². The maximum Gasteiger partial charge on any atom is 0.272 e. The van der Waals surface area contributed by atoms with Crippen molar-refractivity contribution in [1.82, 2.24) is 24.8 Å². The minimum absolute atomic E-state index is 0.118. The number of hydrogen-bond acceptors (Lipinski definition) is 5. The summed E-state index contributed by atoms with van der Waals surface area (Å²) in [6.07, 6.45) is 3.60. The number of carbonyl (C=O) groups is 1. The Bertz CT molecular complexity index is 1980. The van der Waals surface area contributed by atoms with Gasteiger partial charge < -0.3 is 25.1 Å². The summed E-state index contributed by atoms with van der Waals surface area (Å²) < 4.78 is 2.12. The highest BCUT2D eigenvalue weighted by Crippen LogP contribution is 2.41. The molecule has 3 N–H and O–H groups in total. The summed E-state index contributed by atoms with van der Waals surface area (Å²) in [7, 11) is 0. The van der Waals surface area contributed by atoms with Crippen LogP contribution in [-0.4, -0.2) is 51.6 Å². The van der Waals surface area contributed by atoms with E-state index in [4.69, 9.17) is 28.2 Å². The first kappa shape index (κ1) is 29.1. The molecule has 4 heterocycles. The first-order valence-electron chi connectivity index (χ1n) is 14.9. The number of imidazole rings is 1. The van der Waals surface area contributed by atoms with Crippen LogP contribution in [0.2, 0.25) is 10.0 Å². The Kier molecular flexibility index (Phi) is 8.02. The third-order valence-corrected chi connectivity index (χ3v) is 8.77. The highest BCUT2D eigenvalue weighted by Gasteiger charge is 2.28. The Morgan fingerprint density at radius 2 is 1.67 bits per heavy atom. The fourth-order valence-corrected chi connectivity index (χ4v) is 6.30. The predicted octanol–water partition coefficient (Wildman–Crippen LogP) is 7.67. The fourth-order valence-electron chi connectivity index (χ4n) is 6.01. The molecule has 0 bridgehead atoms. The molecule has 0 saturated carbocycles. The number of amides is 1. The van der Waals surface area contributed by atoms with Crippen LogP contribution in [-0.2, 0) is 0 Å². The van der Waals surface area contributed by atoms with E-state index in [1.54, 1.807) is 6.20 Å². The molecule has 1 atom stereocenters. The number of anilines is 2. The topological polar surface area (TPSA) is 90.9 Å². The Hall–Kier alpha value is -4.63. The average Bonchev–Trinajstić information content (AvgIpc) is 3.67. The van der Waals surface area contributed by atoms with E-state index in [2.05, 4.69) is 37.0 Å². The van der Waals surface area contributed by atoms with Crippen LogP contribution < -0.4 is 15.5 Å². The fraction of sp³-hybridized carbons (Fsp3) is 0.171. The van der Waals surface area contributed by atoms with Gasteiger partial charge in [0.2, 0.25) is 0 Å². The van der Waals surface area contributed by atoms with E-state index >= 15 is 0 Å². The molecule has 1 saturated heterocycles. The Morgan fingerprint density at radius 3 is 2.44 bits per heavy atom. The SMILES string of the molecule is CC(c1ccc(Cl)cc1)n1cnc(-c2ccccc2)c1-c1c(C(=O)Nc2cccnc2N2CCNCC2)[nH]c2cc(Cl)ccc12. The largest absolute Gasteiger partial charge is 0.352 e. The quantitative estimate of drug-likeness (QED) is 0.167. The third kappa shape index (κ3) is 5.68. The molecule has 45 heavy (non-hydrogen) atoms. The minimum atomic E-state index is -0.285. The summed E-state index contributed by atoms with van der Waals surface area (Å²) in [6.45, 7) is 5.43. The maximum absolute atomic E-state index is 14.4. The maximum atomic E-state index is 14.4. The lowest BCUT2D eigenvalue weighted by Gasteiger charge is -2.29. The summed E-state index contributed by atoms with van der Waals surface area (Å²) >= 11 is 12.7. The van der Waals surface area contributed by atoms with E-state index in [0.29, 0.717) is 21.4 Å². The van der Waals surface area contributed by atoms with Gasteiger partial charge in [-0.2, -0.15) is 0 Å². The highest BCUT2D eigenvalue weighted by atomic mass is 35.5. The molecule has 10 heteroatoms. The number of pyridine rings is 1. The number of carbonyl (C=O) groups excluding carboxylic acids is 1. The first-order chi connectivity index (χ1) is 22.0. The molecule has 6 aromatic rings. The molecule has 8 nitrogen and oxygen atoms in total. The number of aromatic amines is 1. The molecule has 3 aromatic heterocycles. The van der Waals surface area contributed by atoms with E-state index in [1.807, 2.05) is 91.3 Å². The molecule has 7 rings (SSSR count). The summed E-state index contributed by atoms with van der Waals surface area (Å²) in [5, 5.41) is 8.65. The predicted molar refractivity (Wildman–Crippen MR) is 183 cm³/mol. The van der Waals surface area contributed by atoms with Crippen molar-refractivity contribution < 1.29 is 4.79 Å². The molecule has 1 unspecified atom stereocenters. The summed E-state index contributed by atoms with van der Waals surface area (Å²) in [4.78, 5) is 29.5. The van der Waals surface area contributed by atoms with Gasteiger partial charge >= 0.3 is 0 Å². The molecule has 226 valence electrons. The summed E-state index contributed by atoms with van der Waals surface area (Å²) in [5.74, 6) is 0.465. The van der Waals surface area contributed by atoms with Crippen molar-refractivity contribution in [3.05, 3.63) is 119 Å². The van der Waals surface area contributed by atoms with Crippen LogP contribution in [0.4, 0.5) is 11.5 Å². The monoisotopic (exact) mass is 635 g/mol. The van der Waals surface area contributed by atoms with E-state index < -0.39 is 0 Å². The Morgan fingerprint density at radius 1 is 0.911 bits per heavy atom. The second-order valence-corrected chi connectivity index (χ2v) is 11.9. The number of aromatic nitrogens is 4. The molecule has 1 fully saturated rings. The van der Waals surface area contributed by atoms with Crippen LogP contribution >= 0.6 is 23.2 Å². The average molecular weight is 637 g/mol. The molecule has 0 spiro atoms. The number of halogens is 2. The number of fused-ring (bicyclic) bond motifs is 1. The van der Waals surface area contributed by atoms with Crippen LogP contribution in [0.15, 0.2) is 97.5 Å². The van der Waals surface area contributed by atoms with Crippen molar-refractivity contribution in [2.75, 3.05) is 36.4 Å². The molecule has 0 aliphatic carbocycles. The normalized spacial score (nSPS) is 14.1. The first-order valence-corrected chi connectivity index (χ1v) is 15.6. The van der Waals surface area contributed by atoms with Crippen molar-refractivity contribution in [2.24, 2.45) is 0 Å². The zero-order valence-corrected chi connectivity index (χ0v) is 26.1. The van der Waals surface area contributed by atoms with Crippen LogP contribution in [0.25, 0.3) is 33.4 Å². The van der Waals surface area contributed by atoms with Gasteiger partial charge in [0.15, 0.2) is 5.82 Å². The standard InChI is InChI=1S/C35H31Cl2N7O/c1-22(23-9-11-25(36)12-10-23)44-21-40-31(24-6-3-2-4-7-24)33(44)30-27-14-13-26(37)20-29(27)41-32(30)35(45)42-28-8-5-15-39-34(28)43-18-16-38-17-19-43/h2-15,20-22,38,41H,16-19H2,1H3,(H,42,45). The number of benzene rings is 3. The summed E-state index contributed by atoms with van der Waals surface area (Å²) in [5.41, 5.74) is 6.13. The number of H-pyrrole nitrogens is 1. The van der Waals surface area contributed by atoms with Crippen LogP contribution in [0.1, 0.15) is 29.0 Å². The number of piperazine rings is 1. The Balaban J connectivity index is 1.41. The van der Waals surface area contributed by atoms with Crippen molar-refractivity contribution >= 4 is 51.5 Å². The van der Waals surface area contributed by atoms with Gasteiger partial charge in [0.05, 0.1) is 29.4 Å². The van der Waals surface area contributed by atoms with Crippen molar-refractivity contribution in [3.63, 3.8) is 0 Å². The van der Waals surface area contributed by atoms with Gasteiger partial charge in [0.25, 0.3) is 5.91 Å². The summed E-state index contributed by atoms with van der Waals surface area (Å²) in [6, 6.07) is 27.1. The lowest BCUT2D eigenvalue weighted by Crippen LogP contribution is -2.44. The van der Waals surface area contributed by atoms with Crippen LogP contribution in [0.5, 0.6) is 0 Å². The number of nitrogens with one attached hydrogen (secondary N) is 3. The van der Waals surface area contributed by atoms with E-state index in [-0.39, 0.29) is 11.9 Å². The minimum Gasteiger partial charge on any atom is -0.352 e. The van der Waals surface area contributed by atoms with E-state index in [0.717, 1.165) is 71.0 Å². The number of hydrogen-bond donors (Lipinski definition) is 3. The van der Waals surface area contributed by atoms with E-state index in [1.165, 1.54) is 0 Å². The molecule has 1 aliphatic rings. The zero-order chi connectivity index (χ0) is 30.9. The zero-order valence-electron chi connectivity index (χ0n) is 24.6. The van der Waals surface area contributed by atoms with Gasteiger partial charge in [-0.3, -0.25) is 4.79 Å². The lowest BCUT2D eigenvalue weighted by molar-refractivity contribution is 0.102. The molecule has 1 amide bonds. The molecular weight excluding hydrogens is 605 g/mol. The van der Waals surface area contributed by atoms with Crippen molar-refractivity contribution in [2.45, 2.75) is 13.0 Å². The van der Waals surface area contributed by atoms with Gasteiger partial charge in [-0.15, -0.1) is 0 Å². The molecular formula is C35H31Cl2N7O. The second kappa shape index (κ2) is 12.4. The third-order valence-electron chi connectivity index (χ3n) is 8.29. The van der Waals surface area contributed by atoms with Gasteiger partial charge in [-0.05, 0) is 48.9 Å². The van der Waals surface area contributed by atoms with Crippen LogP contribution in [0, 0.1) is 0 Å². The molecule has 1 aliphatic heterocycles. The molecule has 3 aromatic carbocycles. The van der Waals surface area contributed by atoms with Gasteiger partial charge in [0.1, 0.15) is 5.69 Å². The lowest BCUT2D eigenvalue weighted by atomic mass is 9.99. The molecule has 0 radical (unpaired) electrons. The second-order valence-electron chi connectivity index (χ2n) is 11.1. The number of nitrogens with zero attached hydrogens (tertiary/aromatic N) is 4. The smallest absolute Gasteiger partial charge is 0.272 e. The van der Waals surface area contributed by atoms with Gasteiger partial charge in [-0.25, -0.2) is 9.97 Å². The highest BCUT2D eigenvalue weighted by molar-refractivity contribution is 6.31. The van der Waals surface area contributed by atoms with Gasteiger partial charge in [-0.1, -0.05) is 71.7 Å². The number of rotatable bonds is 7. The van der Waals surface area contributed by atoms with Crippen molar-refractivity contribution in [3.8, 4) is 22.5 Å². The van der Waals surface area contributed by atoms with Crippen molar-refractivity contribution in [1.29, 1.82) is 0 Å². The van der Waals surface area contributed by atoms with Gasteiger partial charge in [0, 0.05) is 64.5 Å².